The quantitative estimate of drug-likeness (QED) is 0.898. The van der Waals surface area contributed by atoms with E-state index in [9.17, 15) is 18.4 Å². The first-order valence-corrected chi connectivity index (χ1v) is 6.39. The molecule has 0 saturated carbocycles. The Bertz CT molecular complexity index is 504. The van der Waals surface area contributed by atoms with Crippen molar-refractivity contribution in [2.45, 2.75) is 26.8 Å². The predicted octanol–water partition coefficient (Wildman–Crippen LogP) is 1.95. The highest BCUT2D eigenvalue weighted by Gasteiger charge is 2.22. The molecule has 4 nitrogen and oxygen atoms in total. The van der Waals surface area contributed by atoms with Crippen LogP contribution in [0.4, 0.5) is 8.78 Å². The highest BCUT2D eigenvalue weighted by atomic mass is 19.2. The first-order chi connectivity index (χ1) is 9.36. The van der Waals surface area contributed by atoms with Crippen LogP contribution < -0.4 is 5.32 Å². The summed E-state index contributed by atoms with van der Waals surface area (Å²) in [4.78, 5) is 24.9. The van der Waals surface area contributed by atoms with Gasteiger partial charge in [0.1, 0.15) is 0 Å². The number of hydrogen-bond donors (Lipinski definition) is 1. The van der Waals surface area contributed by atoms with Crippen LogP contribution >= 0.6 is 0 Å². The zero-order valence-electron chi connectivity index (χ0n) is 11.7. The minimum Gasteiger partial charge on any atom is -0.352 e. The van der Waals surface area contributed by atoms with Crippen molar-refractivity contribution in [1.82, 2.24) is 10.2 Å². The molecule has 0 atom stereocenters. The Morgan fingerprint density at radius 2 is 1.95 bits per heavy atom. The van der Waals surface area contributed by atoms with E-state index in [2.05, 4.69) is 5.32 Å². The van der Waals surface area contributed by atoms with E-state index in [1.807, 2.05) is 0 Å². The van der Waals surface area contributed by atoms with Crippen molar-refractivity contribution in [3.05, 3.63) is 35.4 Å². The van der Waals surface area contributed by atoms with E-state index in [1.54, 1.807) is 20.8 Å². The molecule has 0 aliphatic carbocycles. The van der Waals surface area contributed by atoms with Crippen LogP contribution in [-0.4, -0.2) is 35.8 Å². The van der Waals surface area contributed by atoms with E-state index in [4.69, 9.17) is 0 Å². The predicted molar refractivity (Wildman–Crippen MR) is 71.2 cm³/mol. The highest BCUT2D eigenvalue weighted by Crippen LogP contribution is 2.13. The second-order valence-electron chi connectivity index (χ2n) is 4.64. The smallest absolute Gasteiger partial charge is 0.257 e. The van der Waals surface area contributed by atoms with Gasteiger partial charge in [-0.2, -0.15) is 0 Å². The maximum absolute atomic E-state index is 13.6. The Hall–Kier alpha value is -1.98. The lowest BCUT2D eigenvalue weighted by Crippen LogP contribution is -2.42. The minimum absolute atomic E-state index is 0.0535. The largest absolute Gasteiger partial charge is 0.352 e. The lowest BCUT2D eigenvalue weighted by atomic mass is 10.1. The molecular formula is C14H18F2N2O2. The van der Waals surface area contributed by atoms with E-state index in [0.717, 1.165) is 11.0 Å². The number of nitrogens with zero attached hydrogens (tertiary/aromatic N) is 1. The summed E-state index contributed by atoms with van der Waals surface area (Å²) in [7, 11) is 0. The van der Waals surface area contributed by atoms with Gasteiger partial charge < -0.3 is 10.2 Å². The minimum atomic E-state index is -1.19. The maximum Gasteiger partial charge on any atom is 0.257 e. The number of hydrogen-bond acceptors (Lipinski definition) is 2. The molecule has 0 radical (unpaired) electrons. The van der Waals surface area contributed by atoms with Crippen molar-refractivity contribution in [2.24, 2.45) is 0 Å². The van der Waals surface area contributed by atoms with Gasteiger partial charge in [-0.05, 0) is 32.9 Å². The number of carbonyl (C=O) groups is 2. The molecule has 20 heavy (non-hydrogen) atoms. The average molecular weight is 284 g/mol. The van der Waals surface area contributed by atoms with Crippen molar-refractivity contribution in [1.29, 1.82) is 0 Å². The number of nitrogens with one attached hydrogen (secondary N) is 1. The molecule has 0 unspecified atom stereocenters. The second-order valence-corrected chi connectivity index (χ2v) is 4.64. The summed E-state index contributed by atoms with van der Waals surface area (Å²) in [6.07, 6.45) is 0. The Labute approximate surface area is 116 Å². The summed E-state index contributed by atoms with van der Waals surface area (Å²) in [6.45, 7) is 5.28. The molecule has 0 aliphatic rings. The molecule has 1 aromatic carbocycles. The highest BCUT2D eigenvalue weighted by molar-refractivity contribution is 5.96. The van der Waals surface area contributed by atoms with Crippen molar-refractivity contribution in [3.63, 3.8) is 0 Å². The number of halogens is 2. The topological polar surface area (TPSA) is 49.4 Å². The Morgan fingerprint density at radius 1 is 1.30 bits per heavy atom. The first-order valence-electron chi connectivity index (χ1n) is 6.39. The van der Waals surface area contributed by atoms with Crippen molar-refractivity contribution in [3.8, 4) is 0 Å². The second kappa shape index (κ2) is 6.98. The summed E-state index contributed by atoms with van der Waals surface area (Å²) < 4.78 is 26.7. The zero-order chi connectivity index (χ0) is 15.3. The molecule has 0 heterocycles. The molecule has 0 saturated heterocycles. The third-order valence-electron chi connectivity index (χ3n) is 2.64. The first kappa shape index (κ1) is 16.1. The van der Waals surface area contributed by atoms with Gasteiger partial charge in [0.25, 0.3) is 5.91 Å². The molecule has 6 heteroatoms. The monoisotopic (exact) mass is 284 g/mol. The van der Waals surface area contributed by atoms with Gasteiger partial charge >= 0.3 is 0 Å². The average Bonchev–Trinajstić information content (AvgIpc) is 2.37. The van der Waals surface area contributed by atoms with E-state index in [0.29, 0.717) is 0 Å². The molecule has 0 aliphatic heterocycles. The van der Waals surface area contributed by atoms with E-state index >= 15 is 0 Å². The third kappa shape index (κ3) is 4.01. The summed E-state index contributed by atoms with van der Waals surface area (Å²) in [5.41, 5.74) is -0.371. The van der Waals surface area contributed by atoms with E-state index in [-0.39, 0.29) is 30.6 Å². The van der Waals surface area contributed by atoms with Gasteiger partial charge in [-0.1, -0.05) is 6.07 Å². The molecular weight excluding hydrogens is 266 g/mol. The third-order valence-corrected chi connectivity index (χ3v) is 2.64. The fourth-order valence-electron chi connectivity index (χ4n) is 1.71. The van der Waals surface area contributed by atoms with Crippen LogP contribution in [0.3, 0.4) is 0 Å². The lowest BCUT2D eigenvalue weighted by Gasteiger charge is -2.21. The van der Waals surface area contributed by atoms with Gasteiger partial charge in [-0.15, -0.1) is 0 Å². The summed E-state index contributed by atoms with van der Waals surface area (Å²) in [6, 6.07) is 3.34. The zero-order valence-corrected chi connectivity index (χ0v) is 11.7. The number of likely N-dealkylation sites (N-methyl/N-ethyl adjacent to an activating group) is 1. The van der Waals surface area contributed by atoms with Gasteiger partial charge in [0.05, 0.1) is 12.1 Å². The molecule has 0 bridgehead atoms. The van der Waals surface area contributed by atoms with Crippen LogP contribution in [0, 0.1) is 11.6 Å². The maximum atomic E-state index is 13.6. The molecule has 1 aromatic rings. The summed E-state index contributed by atoms with van der Waals surface area (Å²) >= 11 is 0. The molecule has 1 rings (SSSR count). The van der Waals surface area contributed by atoms with Gasteiger partial charge in [-0.3, -0.25) is 9.59 Å². The molecule has 0 spiro atoms. The Balaban J connectivity index is 2.87. The van der Waals surface area contributed by atoms with Crippen LogP contribution in [0.2, 0.25) is 0 Å². The van der Waals surface area contributed by atoms with Crippen molar-refractivity contribution in [2.75, 3.05) is 13.1 Å². The number of carbonyl (C=O) groups excluding carboxylic acids is 2. The molecule has 0 fully saturated rings. The van der Waals surface area contributed by atoms with Gasteiger partial charge in [0.2, 0.25) is 5.91 Å². The molecule has 110 valence electrons. The molecule has 1 N–H and O–H groups in total. The molecule has 2 amide bonds. The van der Waals surface area contributed by atoms with E-state index < -0.39 is 17.5 Å². The van der Waals surface area contributed by atoms with Gasteiger partial charge in [0.15, 0.2) is 11.6 Å². The lowest BCUT2D eigenvalue weighted by molar-refractivity contribution is -0.122. The van der Waals surface area contributed by atoms with Crippen LogP contribution in [0.5, 0.6) is 0 Å². The van der Waals surface area contributed by atoms with Crippen LogP contribution in [0.1, 0.15) is 31.1 Å². The van der Waals surface area contributed by atoms with E-state index in [1.165, 1.54) is 12.1 Å². The SMILES string of the molecule is CCN(CC(=O)NC(C)C)C(=O)c1cccc(F)c1F. The summed E-state index contributed by atoms with van der Waals surface area (Å²) in [5.74, 6) is -3.32. The van der Waals surface area contributed by atoms with Crippen LogP contribution in [-0.2, 0) is 4.79 Å². The molecule has 0 aromatic heterocycles. The fraction of sp³-hybridized carbons (Fsp3) is 0.429. The van der Waals surface area contributed by atoms with Gasteiger partial charge in [-0.25, -0.2) is 8.78 Å². The number of benzene rings is 1. The summed E-state index contributed by atoms with van der Waals surface area (Å²) in [5, 5.41) is 2.64. The van der Waals surface area contributed by atoms with Crippen molar-refractivity contribution >= 4 is 11.8 Å². The Kier molecular flexibility index (Phi) is 5.61. The number of rotatable bonds is 5. The Morgan fingerprint density at radius 3 is 2.50 bits per heavy atom. The number of amides is 2. The van der Waals surface area contributed by atoms with Gasteiger partial charge in [0, 0.05) is 12.6 Å². The van der Waals surface area contributed by atoms with Crippen molar-refractivity contribution < 1.29 is 18.4 Å². The fourth-order valence-corrected chi connectivity index (χ4v) is 1.71. The van der Waals surface area contributed by atoms with Crippen LogP contribution in [0.15, 0.2) is 18.2 Å². The van der Waals surface area contributed by atoms with Crippen LogP contribution in [0.25, 0.3) is 0 Å². The normalized spacial score (nSPS) is 10.5. The standard InChI is InChI=1S/C14H18F2N2O2/c1-4-18(8-12(19)17-9(2)3)14(20)10-6-5-7-11(15)13(10)16/h5-7,9H,4,8H2,1-3H3,(H,17,19).